The Hall–Kier alpha value is -5.35. The summed E-state index contributed by atoms with van der Waals surface area (Å²) in [4.78, 5) is 9.37. The number of H-pyrrole nitrogens is 1. The van der Waals surface area contributed by atoms with E-state index >= 15 is 0 Å². The van der Waals surface area contributed by atoms with E-state index in [9.17, 15) is 5.11 Å². The molecular weight excluding hydrogens is 748 g/mol. The second-order valence-corrected chi connectivity index (χ2v) is 14.2. The standard InChI is InChI=1S/C43H36BrClN6O2/c1-2-3-23-37-46-39(41(45)47-37)35(52)27-28-24-25-36-34(26-28)38(44)40(53-36)32-21-13-14-22-33(32)42-48-50-51(49-42)43(29-15-7-4-8-16-29,30-17-9-5-10-18-30)31-19-11-6-12-20-31/h4-22,24-26,35,52H,2-3,23,27H2,1H3,(H,46,47). The number of unbranched alkanes of at least 4 members (excludes halogenated alkanes) is 1. The van der Waals surface area contributed by atoms with Gasteiger partial charge in [-0.25, -0.2) is 4.98 Å². The average molecular weight is 784 g/mol. The second-order valence-electron chi connectivity index (χ2n) is 13.0. The first-order valence-corrected chi connectivity index (χ1v) is 18.8. The van der Waals surface area contributed by atoms with Crippen molar-refractivity contribution in [2.24, 2.45) is 0 Å². The van der Waals surface area contributed by atoms with Gasteiger partial charge in [-0.3, -0.25) is 0 Å². The van der Waals surface area contributed by atoms with Gasteiger partial charge in [0.2, 0.25) is 5.82 Å². The predicted octanol–water partition coefficient (Wildman–Crippen LogP) is 10.4. The van der Waals surface area contributed by atoms with E-state index in [1.54, 1.807) is 4.80 Å². The minimum absolute atomic E-state index is 0.312. The van der Waals surface area contributed by atoms with Crippen LogP contribution in [0.3, 0.4) is 0 Å². The summed E-state index contributed by atoms with van der Waals surface area (Å²) in [5, 5.41) is 26.9. The van der Waals surface area contributed by atoms with Gasteiger partial charge < -0.3 is 14.5 Å². The molecule has 0 aliphatic carbocycles. The van der Waals surface area contributed by atoms with Crippen molar-refractivity contribution >= 4 is 38.5 Å². The molecule has 264 valence electrons. The summed E-state index contributed by atoms with van der Waals surface area (Å²) in [6, 6.07) is 44.7. The number of fused-ring (bicyclic) bond motifs is 1. The number of halogens is 2. The molecule has 0 amide bonds. The van der Waals surface area contributed by atoms with Crippen LogP contribution in [0.1, 0.15) is 59.6 Å². The summed E-state index contributed by atoms with van der Waals surface area (Å²) < 4.78 is 7.29. The van der Waals surface area contributed by atoms with Crippen LogP contribution in [0.4, 0.5) is 0 Å². The summed E-state index contributed by atoms with van der Waals surface area (Å²) in [6.45, 7) is 2.13. The lowest BCUT2D eigenvalue weighted by atomic mass is 9.77. The van der Waals surface area contributed by atoms with Crippen molar-refractivity contribution in [3.05, 3.63) is 177 Å². The molecule has 2 N–H and O–H groups in total. The van der Waals surface area contributed by atoms with E-state index in [2.05, 4.69) is 69.2 Å². The molecule has 8 rings (SSSR count). The lowest BCUT2D eigenvalue weighted by Gasteiger charge is -2.34. The third kappa shape index (κ3) is 6.50. The van der Waals surface area contributed by atoms with Gasteiger partial charge in [0.1, 0.15) is 23.3 Å². The number of aliphatic hydroxyl groups excluding tert-OH is 1. The van der Waals surface area contributed by atoms with Crippen LogP contribution in [-0.4, -0.2) is 35.3 Å². The molecule has 0 saturated carbocycles. The zero-order valence-corrected chi connectivity index (χ0v) is 31.3. The van der Waals surface area contributed by atoms with Crippen LogP contribution in [0, 0.1) is 0 Å². The number of aromatic nitrogens is 6. The van der Waals surface area contributed by atoms with E-state index in [-0.39, 0.29) is 0 Å². The number of aryl methyl sites for hydroxylation is 1. The number of aromatic amines is 1. The van der Waals surface area contributed by atoms with Gasteiger partial charge in [0.25, 0.3) is 0 Å². The molecule has 1 unspecified atom stereocenters. The SMILES string of the molecule is CCCCc1nc(Cl)c(C(O)Cc2ccc3oc(-c4ccccc4-c4nnn(C(c5ccccc5)(c5ccccc5)c5ccccc5)n4)c(Br)c3c2)[nH]1. The van der Waals surface area contributed by atoms with Crippen LogP contribution in [-0.2, 0) is 18.4 Å². The second kappa shape index (κ2) is 14.9. The first-order valence-electron chi connectivity index (χ1n) is 17.7. The van der Waals surface area contributed by atoms with Crippen LogP contribution in [0.25, 0.3) is 33.7 Å². The topological polar surface area (TPSA) is 106 Å². The van der Waals surface area contributed by atoms with Gasteiger partial charge in [-0.15, -0.1) is 15.0 Å². The number of imidazole rings is 1. The van der Waals surface area contributed by atoms with Gasteiger partial charge in [-0.2, -0.15) is 0 Å². The van der Waals surface area contributed by atoms with Gasteiger partial charge in [-0.1, -0.05) is 146 Å². The summed E-state index contributed by atoms with van der Waals surface area (Å²) in [5.74, 6) is 1.89. The van der Waals surface area contributed by atoms with Crippen molar-refractivity contribution in [3.63, 3.8) is 0 Å². The molecule has 0 saturated heterocycles. The molecule has 10 heteroatoms. The van der Waals surface area contributed by atoms with E-state index in [1.807, 2.05) is 97.1 Å². The van der Waals surface area contributed by atoms with Crippen molar-refractivity contribution in [2.75, 3.05) is 0 Å². The first-order chi connectivity index (χ1) is 26.0. The maximum Gasteiger partial charge on any atom is 0.205 e. The van der Waals surface area contributed by atoms with Crippen LogP contribution in [0.5, 0.6) is 0 Å². The Bertz CT molecular complexity index is 2380. The van der Waals surface area contributed by atoms with Crippen molar-refractivity contribution in [1.82, 2.24) is 30.2 Å². The van der Waals surface area contributed by atoms with Gasteiger partial charge >= 0.3 is 0 Å². The number of tetrazole rings is 1. The molecule has 53 heavy (non-hydrogen) atoms. The number of benzene rings is 5. The van der Waals surface area contributed by atoms with E-state index in [0.717, 1.165) is 68.3 Å². The van der Waals surface area contributed by atoms with E-state index in [0.29, 0.717) is 34.4 Å². The number of aliphatic hydroxyl groups is 1. The molecule has 0 bridgehead atoms. The lowest BCUT2D eigenvalue weighted by molar-refractivity contribution is 0.174. The first kappa shape index (κ1) is 34.7. The highest BCUT2D eigenvalue weighted by molar-refractivity contribution is 9.10. The third-order valence-electron chi connectivity index (χ3n) is 9.66. The number of nitrogens with zero attached hydrogens (tertiary/aromatic N) is 5. The molecule has 8 nitrogen and oxygen atoms in total. The van der Waals surface area contributed by atoms with E-state index < -0.39 is 11.6 Å². The maximum absolute atomic E-state index is 11.1. The summed E-state index contributed by atoms with van der Waals surface area (Å²) in [6.07, 6.45) is 2.36. The van der Waals surface area contributed by atoms with Crippen molar-refractivity contribution in [3.8, 4) is 22.7 Å². The highest BCUT2D eigenvalue weighted by atomic mass is 79.9. The predicted molar refractivity (Wildman–Crippen MR) is 212 cm³/mol. The largest absolute Gasteiger partial charge is 0.455 e. The maximum atomic E-state index is 11.1. The molecule has 0 aliphatic heterocycles. The Morgan fingerprint density at radius 2 is 1.43 bits per heavy atom. The molecular formula is C43H36BrClN6O2. The van der Waals surface area contributed by atoms with Crippen LogP contribution >= 0.6 is 27.5 Å². The molecule has 0 fully saturated rings. The molecule has 0 radical (unpaired) electrons. The zero-order valence-electron chi connectivity index (χ0n) is 29.0. The highest BCUT2D eigenvalue weighted by Gasteiger charge is 2.41. The monoisotopic (exact) mass is 782 g/mol. The normalized spacial score (nSPS) is 12.4. The summed E-state index contributed by atoms with van der Waals surface area (Å²) >= 11 is 10.3. The number of nitrogens with one attached hydrogen (secondary N) is 1. The summed E-state index contributed by atoms with van der Waals surface area (Å²) in [5.41, 5.74) is 5.85. The highest BCUT2D eigenvalue weighted by Crippen LogP contribution is 2.43. The minimum atomic E-state index is -0.900. The Balaban J connectivity index is 1.18. The average Bonchev–Trinajstić information content (AvgIpc) is 3.93. The molecule has 8 aromatic rings. The molecule has 5 aromatic carbocycles. The van der Waals surface area contributed by atoms with Crippen LogP contribution < -0.4 is 0 Å². The van der Waals surface area contributed by atoms with Crippen molar-refractivity contribution < 1.29 is 9.52 Å². The molecule has 0 spiro atoms. The van der Waals surface area contributed by atoms with Crippen LogP contribution in [0.15, 0.2) is 142 Å². The fourth-order valence-electron chi connectivity index (χ4n) is 7.06. The third-order valence-corrected chi connectivity index (χ3v) is 10.7. The minimum Gasteiger partial charge on any atom is -0.455 e. The smallest absolute Gasteiger partial charge is 0.205 e. The Morgan fingerprint density at radius 3 is 2.06 bits per heavy atom. The van der Waals surface area contributed by atoms with Gasteiger partial charge in [-0.05, 0) is 62.0 Å². The zero-order chi connectivity index (χ0) is 36.4. The molecule has 0 aliphatic rings. The van der Waals surface area contributed by atoms with E-state index in [4.69, 9.17) is 31.4 Å². The number of hydrogen-bond donors (Lipinski definition) is 2. The number of furan rings is 1. The summed E-state index contributed by atoms with van der Waals surface area (Å²) in [7, 11) is 0. The Morgan fingerprint density at radius 1 is 0.830 bits per heavy atom. The van der Waals surface area contributed by atoms with Gasteiger partial charge in [0, 0.05) is 29.4 Å². The molecule has 3 heterocycles. The lowest BCUT2D eigenvalue weighted by Crippen LogP contribution is -2.39. The van der Waals surface area contributed by atoms with Crippen molar-refractivity contribution in [1.29, 1.82) is 0 Å². The quantitative estimate of drug-likeness (QED) is 0.120. The molecule has 3 aromatic heterocycles. The fraction of sp³-hybridized carbons (Fsp3) is 0.163. The van der Waals surface area contributed by atoms with Gasteiger partial charge in [0.15, 0.2) is 10.7 Å². The Kier molecular flexibility index (Phi) is 9.79. The number of hydrogen-bond acceptors (Lipinski definition) is 6. The Labute approximate surface area is 320 Å². The fourth-order valence-corrected chi connectivity index (χ4v) is 7.94. The van der Waals surface area contributed by atoms with Crippen molar-refractivity contribution in [2.45, 2.75) is 44.2 Å². The van der Waals surface area contributed by atoms with Crippen LogP contribution in [0.2, 0.25) is 5.15 Å². The number of rotatable bonds is 12. The molecule has 1 atom stereocenters. The van der Waals surface area contributed by atoms with E-state index in [1.165, 1.54) is 0 Å². The van der Waals surface area contributed by atoms with Gasteiger partial charge in [0.05, 0.1) is 10.2 Å².